The standard InChI is InChI=1S/C25H25F4N3O/c1-14(33)31-23-19-8-3-16-11-22-15(13-30-32(22)18-6-4-17(26)5-7-18)12-24(16,2)20(19)9-10-21(23)25(27,28)29/h4-7,9,11,13,19,21,23H,3,8,10,12H2,1-2H3,(H,31,33)/t19?,21-,23-,24+/m1/s1. The Morgan fingerprint density at radius 1 is 1.24 bits per heavy atom. The Kier molecular flexibility index (Phi) is 5.03. The molecule has 4 nitrogen and oxygen atoms in total. The highest BCUT2D eigenvalue weighted by molar-refractivity contribution is 5.73. The number of allylic oxidation sites excluding steroid dienone is 2. The summed E-state index contributed by atoms with van der Waals surface area (Å²) in [5, 5.41) is 7.15. The average Bonchev–Trinajstić information content (AvgIpc) is 3.13. The molecule has 33 heavy (non-hydrogen) atoms. The summed E-state index contributed by atoms with van der Waals surface area (Å²) in [6, 6.07) is 5.17. The van der Waals surface area contributed by atoms with Crippen molar-refractivity contribution >= 4 is 12.0 Å². The van der Waals surface area contributed by atoms with E-state index in [9.17, 15) is 22.4 Å². The minimum absolute atomic E-state index is 0.134. The molecule has 8 heteroatoms. The number of carbonyl (C=O) groups excluding carboxylic acids is 1. The lowest BCUT2D eigenvalue weighted by atomic mass is 9.55. The molecule has 5 rings (SSSR count). The zero-order chi connectivity index (χ0) is 23.5. The van der Waals surface area contributed by atoms with Crippen molar-refractivity contribution in [2.24, 2.45) is 17.3 Å². The Morgan fingerprint density at radius 3 is 2.64 bits per heavy atom. The molecule has 3 aliphatic carbocycles. The zero-order valence-electron chi connectivity index (χ0n) is 18.4. The fourth-order valence-corrected chi connectivity index (χ4v) is 6.00. The van der Waals surface area contributed by atoms with Gasteiger partial charge in [0.1, 0.15) is 5.82 Å². The Labute approximate surface area is 189 Å². The van der Waals surface area contributed by atoms with Crippen molar-refractivity contribution in [3.8, 4) is 5.69 Å². The predicted molar refractivity (Wildman–Crippen MR) is 116 cm³/mol. The minimum Gasteiger partial charge on any atom is -0.352 e. The van der Waals surface area contributed by atoms with Crippen LogP contribution in [0.2, 0.25) is 0 Å². The number of nitrogens with zero attached hydrogens (tertiary/aromatic N) is 2. The molecule has 3 aliphatic rings. The Balaban J connectivity index is 1.53. The molecule has 2 aromatic rings. The summed E-state index contributed by atoms with van der Waals surface area (Å²) in [4.78, 5) is 11.8. The van der Waals surface area contributed by atoms with Gasteiger partial charge in [-0.05, 0) is 61.6 Å². The van der Waals surface area contributed by atoms with Crippen LogP contribution in [0.15, 0.2) is 47.7 Å². The number of fused-ring (bicyclic) bond motifs is 4. The number of aromatic nitrogens is 2. The van der Waals surface area contributed by atoms with Crippen molar-refractivity contribution in [1.82, 2.24) is 15.1 Å². The van der Waals surface area contributed by atoms with Crippen LogP contribution < -0.4 is 5.32 Å². The Morgan fingerprint density at radius 2 is 1.97 bits per heavy atom. The highest BCUT2D eigenvalue weighted by Crippen LogP contribution is 2.57. The molecule has 0 saturated heterocycles. The quantitative estimate of drug-likeness (QED) is 0.484. The Bertz CT molecular complexity index is 1160. The summed E-state index contributed by atoms with van der Waals surface area (Å²) in [6.07, 6.45) is 2.96. The first kappa shape index (κ1) is 21.9. The lowest BCUT2D eigenvalue weighted by molar-refractivity contribution is -0.187. The fourth-order valence-electron chi connectivity index (χ4n) is 6.00. The molecule has 0 spiro atoms. The van der Waals surface area contributed by atoms with E-state index in [1.54, 1.807) is 29.1 Å². The number of carbonyl (C=O) groups is 1. The summed E-state index contributed by atoms with van der Waals surface area (Å²) >= 11 is 0. The maximum Gasteiger partial charge on any atom is 0.394 e. The molecule has 1 fully saturated rings. The maximum atomic E-state index is 13.8. The molecule has 1 aromatic heterocycles. The highest BCUT2D eigenvalue weighted by Gasteiger charge is 2.54. The zero-order valence-corrected chi connectivity index (χ0v) is 18.4. The van der Waals surface area contributed by atoms with E-state index in [0.29, 0.717) is 19.3 Å². The van der Waals surface area contributed by atoms with Crippen molar-refractivity contribution in [3.05, 3.63) is 64.8 Å². The van der Waals surface area contributed by atoms with Crippen LogP contribution in [0.1, 0.15) is 44.4 Å². The molecule has 174 valence electrons. The number of halogens is 4. The molecule has 0 aliphatic heterocycles. The van der Waals surface area contributed by atoms with E-state index in [0.717, 1.165) is 28.1 Å². The van der Waals surface area contributed by atoms with Crippen LogP contribution in [0.3, 0.4) is 0 Å². The summed E-state index contributed by atoms with van der Waals surface area (Å²) in [5.74, 6) is -2.69. The van der Waals surface area contributed by atoms with Crippen molar-refractivity contribution in [2.45, 2.75) is 51.7 Å². The third-order valence-electron chi connectivity index (χ3n) is 7.53. The van der Waals surface area contributed by atoms with Gasteiger partial charge in [0.25, 0.3) is 0 Å². The topological polar surface area (TPSA) is 46.9 Å². The fraction of sp³-hybridized carbons (Fsp3) is 0.440. The lowest BCUT2D eigenvalue weighted by Crippen LogP contribution is -2.54. The number of hydrogen-bond donors (Lipinski definition) is 1. The molecule has 0 bridgehead atoms. The van der Waals surface area contributed by atoms with Gasteiger partial charge in [-0.1, -0.05) is 24.1 Å². The first-order chi connectivity index (χ1) is 15.6. The molecule has 1 amide bonds. The van der Waals surface area contributed by atoms with Gasteiger partial charge < -0.3 is 5.32 Å². The van der Waals surface area contributed by atoms with Gasteiger partial charge in [0.05, 0.1) is 23.5 Å². The molecule has 1 saturated carbocycles. The normalized spacial score (nSPS) is 28.7. The number of amides is 1. The SMILES string of the molecule is CC(=O)N[C@@H]1C2CCC3=Cc4c(cnn4-c4ccc(F)cc4)C[C@]3(C)C2=CC[C@H]1C(F)(F)F. The van der Waals surface area contributed by atoms with Gasteiger partial charge in [-0.15, -0.1) is 0 Å². The summed E-state index contributed by atoms with van der Waals surface area (Å²) in [7, 11) is 0. The molecular weight excluding hydrogens is 434 g/mol. The first-order valence-corrected chi connectivity index (χ1v) is 11.2. The molecule has 1 N–H and O–H groups in total. The van der Waals surface area contributed by atoms with Crippen LogP contribution >= 0.6 is 0 Å². The van der Waals surface area contributed by atoms with Gasteiger partial charge in [-0.2, -0.15) is 18.3 Å². The van der Waals surface area contributed by atoms with Gasteiger partial charge >= 0.3 is 6.18 Å². The van der Waals surface area contributed by atoms with E-state index in [4.69, 9.17) is 0 Å². The second-order valence-electron chi connectivity index (χ2n) is 9.54. The van der Waals surface area contributed by atoms with E-state index in [2.05, 4.69) is 23.4 Å². The monoisotopic (exact) mass is 459 g/mol. The van der Waals surface area contributed by atoms with Gasteiger partial charge in [-0.3, -0.25) is 4.79 Å². The minimum atomic E-state index is -4.37. The largest absolute Gasteiger partial charge is 0.394 e. The van der Waals surface area contributed by atoms with Crippen molar-refractivity contribution in [3.63, 3.8) is 0 Å². The maximum absolute atomic E-state index is 13.8. The average molecular weight is 459 g/mol. The van der Waals surface area contributed by atoms with Crippen LogP contribution in [0.4, 0.5) is 17.6 Å². The summed E-state index contributed by atoms with van der Waals surface area (Å²) in [5.41, 5.74) is 4.41. The Hall–Kier alpha value is -2.90. The number of nitrogens with one attached hydrogen (secondary N) is 1. The second kappa shape index (κ2) is 7.57. The number of rotatable bonds is 2. The van der Waals surface area contributed by atoms with Crippen LogP contribution in [-0.2, 0) is 11.2 Å². The van der Waals surface area contributed by atoms with E-state index in [1.807, 2.05) is 0 Å². The van der Waals surface area contributed by atoms with Crippen molar-refractivity contribution in [2.75, 3.05) is 0 Å². The molecule has 0 radical (unpaired) electrons. The van der Waals surface area contributed by atoms with E-state index < -0.39 is 29.5 Å². The molecule has 4 atom stereocenters. The summed E-state index contributed by atoms with van der Waals surface area (Å²) < 4.78 is 56.5. The van der Waals surface area contributed by atoms with Gasteiger partial charge in [0.2, 0.25) is 5.91 Å². The second-order valence-corrected chi connectivity index (χ2v) is 9.54. The van der Waals surface area contributed by atoms with Crippen LogP contribution in [-0.4, -0.2) is 27.9 Å². The van der Waals surface area contributed by atoms with Crippen molar-refractivity contribution < 1.29 is 22.4 Å². The smallest absolute Gasteiger partial charge is 0.352 e. The number of hydrogen-bond acceptors (Lipinski definition) is 2. The third-order valence-corrected chi connectivity index (χ3v) is 7.53. The molecular formula is C25H25F4N3O. The highest BCUT2D eigenvalue weighted by atomic mass is 19.4. The van der Waals surface area contributed by atoms with E-state index >= 15 is 0 Å². The summed E-state index contributed by atoms with van der Waals surface area (Å²) in [6.45, 7) is 3.37. The molecule has 1 heterocycles. The van der Waals surface area contributed by atoms with Gasteiger partial charge in [0, 0.05) is 24.3 Å². The van der Waals surface area contributed by atoms with Crippen molar-refractivity contribution in [1.29, 1.82) is 0 Å². The first-order valence-electron chi connectivity index (χ1n) is 11.2. The van der Waals surface area contributed by atoms with Crippen LogP contribution in [0, 0.1) is 23.1 Å². The number of benzene rings is 1. The van der Waals surface area contributed by atoms with E-state index in [-0.39, 0.29) is 18.2 Å². The predicted octanol–water partition coefficient (Wildman–Crippen LogP) is 5.38. The number of alkyl halides is 3. The van der Waals surface area contributed by atoms with Crippen LogP contribution in [0.5, 0.6) is 0 Å². The third kappa shape index (κ3) is 3.60. The molecule has 1 unspecified atom stereocenters. The van der Waals surface area contributed by atoms with Crippen LogP contribution in [0.25, 0.3) is 11.8 Å². The van der Waals surface area contributed by atoms with Gasteiger partial charge in [0.15, 0.2) is 0 Å². The van der Waals surface area contributed by atoms with Gasteiger partial charge in [-0.25, -0.2) is 9.07 Å². The lowest BCUT2D eigenvalue weighted by Gasteiger charge is -2.51. The van der Waals surface area contributed by atoms with E-state index in [1.165, 1.54) is 19.1 Å². The molecule has 1 aromatic carbocycles.